The van der Waals surface area contributed by atoms with Crippen molar-refractivity contribution in [2.45, 2.75) is 24.8 Å². The maximum absolute atomic E-state index is 13.6. The lowest BCUT2D eigenvalue weighted by Crippen LogP contribution is -2.34. The first kappa shape index (κ1) is 13.0. The van der Waals surface area contributed by atoms with Crippen LogP contribution in [0, 0.1) is 17.5 Å². The Balaban J connectivity index is 1.62. The van der Waals surface area contributed by atoms with Crippen molar-refractivity contribution < 1.29 is 13.2 Å². The molecular formula is C16H14F3N. The SMILES string of the molecule is Fc1cc(F)cc(NC2CC(c3ccccc3F)C2)c1. The van der Waals surface area contributed by atoms with E-state index in [0.717, 1.165) is 24.5 Å². The summed E-state index contributed by atoms with van der Waals surface area (Å²) < 4.78 is 39.7. The lowest BCUT2D eigenvalue weighted by Gasteiger charge is -2.37. The molecule has 2 aromatic carbocycles. The van der Waals surface area contributed by atoms with Crippen molar-refractivity contribution in [1.82, 2.24) is 0 Å². The van der Waals surface area contributed by atoms with Crippen LogP contribution in [0.4, 0.5) is 18.9 Å². The highest BCUT2D eigenvalue weighted by atomic mass is 19.1. The minimum atomic E-state index is -0.600. The summed E-state index contributed by atoms with van der Waals surface area (Å²) >= 11 is 0. The van der Waals surface area contributed by atoms with E-state index in [1.807, 2.05) is 6.07 Å². The molecule has 1 nitrogen and oxygen atoms in total. The van der Waals surface area contributed by atoms with Crippen LogP contribution in [-0.4, -0.2) is 6.04 Å². The van der Waals surface area contributed by atoms with E-state index < -0.39 is 11.6 Å². The molecule has 0 unspecified atom stereocenters. The van der Waals surface area contributed by atoms with Crippen LogP contribution < -0.4 is 5.32 Å². The number of halogens is 3. The summed E-state index contributed by atoms with van der Waals surface area (Å²) in [5.74, 6) is -1.21. The summed E-state index contributed by atoms with van der Waals surface area (Å²) in [7, 11) is 0. The summed E-state index contributed by atoms with van der Waals surface area (Å²) in [5.41, 5.74) is 1.15. The van der Waals surface area contributed by atoms with Crippen molar-refractivity contribution in [3.8, 4) is 0 Å². The fourth-order valence-electron chi connectivity index (χ4n) is 2.67. The molecule has 0 aliphatic heterocycles. The number of rotatable bonds is 3. The lowest BCUT2D eigenvalue weighted by molar-refractivity contribution is 0.363. The Kier molecular flexibility index (Phi) is 3.38. The summed E-state index contributed by atoms with van der Waals surface area (Å²) in [4.78, 5) is 0. The Morgan fingerprint density at radius 3 is 2.20 bits per heavy atom. The zero-order valence-corrected chi connectivity index (χ0v) is 10.7. The van der Waals surface area contributed by atoms with Crippen LogP contribution in [0.15, 0.2) is 42.5 Å². The largest absolute Gasteiger partial charge is 0.382 e. The molecule has 1 aliphatic rings. The topological polar surface area (TPSA) is 12.0 Å². The van der Waals surface area contributed by atoms with E-state index in [1.165, 1.54) is 18.2 Å². The highest BCUT2D eigenvalue weighted by molar-refractivity contribution is 5.45. The number of benzene rings is 2. The normalized spacial score (nSPS) is 21.4. The van der Waals surface area contributed by atoms with Crippen LogP contribution in [0.25, 0.3) is 0 Å². The van der Waals surface area contributed by atoms with Gasteiger partial charge in [-0.1, -0.05) is 18.2 Å². The second-order valence-corrected chi connectivity index (χ2v) is 5.19. The van der Waals surface area contributed by atoms with Gasteiger partial charge in [-0.05, 0) is 42.5 Å². The third kappa shape index (κ3) is 2.64. The van der Waals surface area contributed by atoms with Crippen molar-refractivity contribution in [3.05, 3.63) is 65.5 Å². The predicted molar refractivity (Wildman–Crippen MR) is 72.1 cm³/mol. The minimum absolute atomic E-state index is 0.126. The molecule has 0 heterocycles. The van der Waals surface area contributed by atoms with E-state index in [1.54, 1.807) is 12.1 Å². The van der Waals surface area contributed by atoms with Crippen molar-refractivity contribution in [2.24, 2.45) is 0 Å². The van der Waals surface area contributed by atoms with E-state index in [-0.39, 0.29) is 17.8 Å². The molecule has 0 bridgehead atoms. The molecule has 1 N–H and O–H groups in total. The molecule has 4 heteroatoms. The van der Waals surface area contributed by atoms with Gasteiger partial charge in [-0.2, -0.15) is 0 Å². The van der Waals surface area contributed by atoms with Crippen LogP contribution in [0.3, 0.4) is 0 Å². The van der Waals surface area contributed by atoms with E-state index in [9.17, 15) is 13.2 Å². The summed E-state index contributed by atoms with van der Waals surface area (Å²) in [6, 6.07) is 10.2. The van der Waals surface area contributed by atoms with Crippen molar-refractivity contribution in [1.29, 1.82) is 0 Å². The molecule has 0 atom stereocenters. The number of nitrogens with one attached hydrogen (secondary N) is 1. The van der Waals surface area contributed by atoms with E-state index in [0.29, 0.717) is 5.69 Å². The average Bonchev–Trinajstić information content (AvgIpc) is 2.33. The Bertz CT molecular complexity index is 601. The first-order chi connectivity index (χ1) is 9.61. The zero-order chi connectivity index (χ0) is 14.1. The van der Waals surface area contributed by atoms with E-state index in [2.05, 4.69) is 5.32 Å². The van der Waals surface area contributed by atoms with Gasteiger partial charge in [0.15, 0.2) is 0 Å². The maximum atomic E-state index is 13.6. The molecule has 0 aromatic heterocycles. The van der Waals surface area contributed by atoms with Crippen LogP contribution in [0.2, 0.25) is 0 Å². The highest BCUT2D eigenvalue weighted by Gasteiger charge is 2.31. The molecule has 1 saturated carbocycles. The van der Waals surface area contributed by atoms with Gasteiger partial charge < -0.3 is 5.32 Å². The van der Waals surface area contributed by atoms with Crippen LogP contribution in [0.1, 0.15) is 24.3 Å². The first-order valence-electron chi connectivity index (χ1n) is 6.59. The molecule has 0 amide bonds. The fourth-order valence-corrected chi connectivity index (χ4v) is 2.67. The summed E-state index contributed by atoms with van der Waals surface area (Å²) in [6.45, 7) is 0. The number of hydrogen-bond acceptors (Lipinski definition) is 1. The molecule has 0 radical (unpaired) electrons. The first-order valence-corrected chi connectivity index (χ1v) is 6.59. The molecular weight excluding hydrogens is 263 g/mol. The van der Waals surface area contributed by atoms with Gasteiger partial charge in [0.1, 0.15) is 17.5 Å². The number of hydrogen-bond donors (Lipinski definition) is 1. The van der Waals surface area contributed by atoms with Gasteiger partial charge in [0, 0.05) is 17.8 Å². The average molecular weight is 277 g/mol. The van der Waals surface area contributed by atoms with Gasteiger partial charge in [-0.3, -0.25) is 0 Å². The van der Waals surface area contributed by atoms with Gasteiger partial charge in [0.2, 0.25) is 0 Å². The highest BCUT2D eigenvalue weighted by Crippen LogP contribution is 2.39. The maximum Gasteiger partial charge on any atom is 0.128 e. The molecule has 0 saturated heterocycles. The summed E-state index contributed by atoms with van der Waals surface area (Å²) in [6.07, 6.45) is 1.53. The molecule has 20 heavy (non-hydrogen) atoms. The van der Waals surface area contributed by atoms with Gasteiger partial charge in [-0.25, -0.2) is 13.2 Å². The Morgan fingerprint density at radius 1 is 0.900 bits per heavy atom. The predicted octanol–water partition coefficient (Wildman–Crippen LogP) is 4.46. The van der Waals surface area contributed by atoms with E-state index >= 15 is 0 Å². The van der Waals surface area contributed by atoms with Gasteiger partial charge >= 0.3 is 0 Å². The Morgan fingerprint density at radius 2 is 1.55 bits per heavy atom. The van der Waals surface area contributed by atoms with Gasteiger partial charge in [0.05, 0.1) is 0 Å². The monoisotopic (exact) mass is 277 g/mol. The van der Waals surface area contributed by atoms with Crippen LogP contribution in [-0.2, 0) is 0 Å². The fraction of sp³-hybridized carbons (Fsp3) is 0.250. The van der Waals surface area contributed by atoms with Crippen molar-refractivity contribution in [3.63, 3.8) is 0 Å². The Labute approximate surface area is 115 Å². The van der Waals surface area contributed by atoms with E-state index in [4.69, 9.17) is 0 Å². The molecule has 104 valence electrons. The molecule has 2 aromatic rings. The standard InChI is InChI=1S/C16H14F3N/c17-11-7-12(18)9-14(8-11)20-13-5-10(6-13)15-3-1-2-4-16(15)19/h1-4,7-10,13,20H,5-6H2. The van der Waals surface area contributed by atoms with Crippen molar-refractivity contribution >= 4 is 5.69 Å². The second kappa shape index (κ2) is 5.19. The van der Waals surface area contributed by atoms with Gasteiger partial charge in [0.25, 0.3) is 0 Å². The summed E-state index contributed by atoms with van der Waals surface area (Å²) in [5, 5.41) is 3.08. The van der Waals surface area contributed by atoms with Gasteiger partial charge in [-0.15, -0.1) is 0 Å². The van der Waals surface area contributed by atoms with Crippen LogP contribution >= 0.6 is 0 Å². The third-order valence-corrected chi connectivity index (χ3v) is 3.72. The molecule has 3 rings (SSSR count). The molecule has 1 aliphatic carbocycles. The second-order valence-electron chi connectivity index (χ2n) is 5.19. The zero-order valence-electron chi connectivity index (χ0n) is 10.7. The van der Waals surface area contributed by atoms with Crippen molar-refractivity contribution in [2.75, 3.05) is 5.32 Å². The smallest absolute Gasteiger partial charge is 0.128 e. The third-order valence-electron chi connectivity index (χ3n) is 3.72. The Hall–Kier alpha value is -1.97. The number of anilines is 1. The lowest BCUT2D eigenvalue weighted by atomic mass is 9.75. The quantitative estimate of drug-likeness (QED) is 0.873. The molecule has 0 spiro atoms. The van der Waals surface area contributed by atoms with Crippen LogP contribution in [0.5, 0.6) is 0 Å². The molecule has 1 fully saturated rings. The minimum Gasteiger partial charge on any atom is -0.382 e.